The van der Waals surface area contributed by atoms with Crippen molar-refractivity contribution in [3.8, 4) is 5.75 Å². The molecule has 2 N–H and O–H groups in total. The van der Waals surface area contributed by atoms with E-state index in [0.29, 0.717) is 0 Å². The second-order valence-corrected chi connectivity index (χ2v) is 6.23. The lowest BCUT2D eigenvalue weighted by Crippen LogP contribution is -2.48. The first-order chi connectivity index (χ1) is 10.6. The highest BCUT2D eigenvalue weighted by molar-refractivity contribution is 5.89. The highest BCUT2D eigenvalue weighted by atomic mass is 16.5. The minimum Gasteiger partial charge on any atom is -0.496 e. The van der Waals surface area contributed by atoms with Gasteiger partial charge in [0.1, 0.15) is 5.75 Å². The van der Waals surface area contributed by atoms with Gasteiger partial charge in [0.2, 0.25) is 5.91 Å². The van der Waals surface area contributed by atoms with Gasteiger partial charge in [-0.3, -0.25) is 4.79 Å². The number of rotatable bonds is 6. The van der Waals surface area contributed by atoms with Crippen LogP contribution in [0.25, 0.3) is 0 Å². The summed E-state index contributed by atoms with van der Waals surface area (Å²) in [5, 5.41) is 12.4. The monoisotopic (exact) mass is 305 g/mol. The molecule has 22 heavy (non-hydrogen) atoms. The van der Waals surface area contributed by atoms with Gasteiger partial charge in [0, 0.05) is 0 Å². The molecule has 0 aromatic heterocycles. The SMILES string of the molecule is CCC(CO)NC(=O)C1(c2ccc(C)c(OC)c2)CCCC1. The van der Waals surface area contributed by atoms with Gasteiger partial charge in [-0.1, -0.05) is 31.9 Å². The predicted molar refractivity (Wildman–Crippen MR) is 87.2 cm³/mol. The van der Waals surface area contributed by atoms with Crippen molar-refractivity contribution in [2.45, 2.75) is 57.4 Å². The van der Waals surface area contributed by atoms with Crippen molar-refractivity contribution < 1.29 is 14.6 Å². The number of methoxy groups -OCH3 is 1. The molecule has 2 rings (SSSR count). The number of aliphatic hydroxyl groups excluding tert-OH is 1. The van der Waals surface area contributed by atoms with Crippen LogP contribution in [0, 0.1) is 6.92 Å². The van der Waals surface area contributed by atoms with Crippen LogP contribution in [0.15, 0.2) is 18.2 Å². The Labute approximate surface area is 132 Å². The third-order valence-electron chi connectivity index (χ3n) is 4.90. The fourth-order valence-electron chi connectivity index (χ4n) is 3.34. The zero-order valence-electron chi connectivity index (χ0n) is 13.8. The Balaban J connectivity index is 2.34. The lowest BCUT2D eigenvalue weighted by atomic mass is 9.77. The lowest BCUT2D eigenvalue weighted by molar-refractivity contribution is -0.127. The Kier molecular flexibility index (Phi) is 5.46. The fourth-order valence-corrected chi connectivity index (χ4v) is 3.34. The van der Waals surface area contributed by atoms with Crippen molar-refractivity contribution in [2.24, 2.45) is 0 Å². The minimum absolute atomic E-state index is 0.0183. The molecule has 1 unspecified atom stereocenters. The second kappa shape index (κ2) is 7.14. The van der Waals surface area contributed by atoms with E-state index < -0.39 is 5.41 Å². The summed E-state index contributed by atoms with van der Waals surface area (Å²) < 4.78 is 5.42. The van der Waals surface area contributed by atoms with E-state index in [4.69, 9.17) is 4.74 Å². The van der Waals surface area contributed by atoms with E-state index in [1.807, 2.05) is 32.0 Å². The summed E-state index contributed by atoms with van der Waals surface area (Å²) >= 11 is 0. The molecule has 4 heteroatoms. The molecule has 4 nitrogen and oxygen atoms in total. The smallest absolute Gasteiger partial charge is 0.230 e. The van der Waals surface area contributed by atoms with Gasteiger partial charge in [0.25, 0.3) is 0 Å². The van der Waals surface area contributed by atoms with Crippen molar-refractivity contribution in [1.82, 2.24) is 5.32 Å². The Morgan fingerprint density at radius 2 is 2.09 bits per heavy atom. The quantitative estimate of drug-likeness (QED) is 0.849. The average molecular weight is 305 g/mol. The number of nitrogens with one attached hydrogen (secondary N) is 1. The van der Waals surface area contributed by atoms with Crippen LogP contribution in [0.2, 0.25) is 0 Å². The summed E-state index contributed by atoms with van der Waals surface area (Å²) in [6.07, 6.45) is 4.55. The van der Waals surface area contributed by atoms with Crippen LogP contribution in [-0.4, -0.2) is 30.8 Å². The zero-order chi connectivity index (χ0) is 16.2. The highest BCUT2D eigenvalue weighted by Gasteiger charge is 2.43. The van der Waals surface area contributed by atoms with Crippen LogP contribution >= 0.6 is 0 Å². The van der Waals surface area contributed by atoms with Crippen LogP contribution in [0.5, 0.6) is 5.75 Å². The summed E-state index contributed by atoms with van der Waals surface area (Å²) in [7, 11) is 1.66. The van der Waals surface area contributed by atoms with E-state index in [0.717, 1.165) is 49.0 Å². The van der Waals surface area contributed by atoms with Crippen molar-refractivity contribution in [1.29, 1.82) is 0 Å². The molecule has 0 bridgehead atoms. The van der Waals surface area contributed by atoms with E-state index in [9.17, 15) is 9.90 Å². The molecule has 1 saturated carbocycles. The Hall–Kier alpha value is -1.55. The van der Waals surface area contributed by atoms with Gasteiger partial charge in [0.15, 0.2) is 0 Å². The standard InChI is InChI=1S/C18H27NO3/c1-4-15(12-20)19-17(21)18(9-5-6-10-18)14-8-7-13(2)16(11-14)22-3/h7-8,11,15,20H,4-6,9-10,12H2,1-3H3,(H,19,21). The molecule has 0 spiro atoms. The molecule has 0 aliphatic heterocycles. The average Bonchev–Trinajstić information content (AvgIpc) is 3.03. The van der Waals surface area contributed by atoms with E-state index >= 15 is 0 Å². The molecule has 1 aliphatic carbocycles. The van der Waals surface area contributed by atoms with Gasteiger partial charge in [-0.05, 0) is 43.4 Å². The Morgan fingerprint density at radius 1 is 1.41 bits per heavy atom. The number of aliphatic hydroxyl groups is 1. The first kappa shape index (κ1) is 16.8. The number of carbonyl (C=O) groups is 1. The molecule has 1 aromatic carbocycles. The van der Waals surface area contributed by atoms with Crippen molar-refractivity contribution in [3.63, 3.8) is 0 Å². The highest BCUT2D eigenvalue weighted by Crippen LogP contribution is 2.42. The number of amides is 1. The number of hydrogen-bond donors (Lipinski definition) is 2. The number of hydrogen-bond acceptors (Lipinski definition) is 3. The summed E-state index contributed by atoms with van der Waals surface area (Å²) in [4.78, 5) is 12.9. The second-order valence-electron chi connectivity index (χ2n) is 6.23. The molecule has 1 amide bonds. The first-order valence-electron chi connectivity index (χ1n) is 8.14. The summed E-state index contributed by atoms with van der Waals surface area (Å²) in [6, 6.07) is 5.89. The van der Waals surface area contributed by atoms with E-state index in [1.54, 1.807) is 7.11 Å². The van der Waals surface area contributed by atoms with Crippen LogP contribution in [0.1, 0.15) is 50.2 Å². The largest absolute Gasteiger partial charge is 0.496 e. The zero-order valence-corrected chi connectivity index (χ0v) is 13.8. The Bertz CT molecular complexity index is 517. The van der Waals surface area contributed by atoms with E-state index in [2.05, 4.69) is 5.32 Å². The Morgan fingerprint density at radius 3 is 2.64 bits per heavy atom. The molecule has 1 aromatic rings. The van der Waals surface area contributed by atoms with Crippen LogP contribution in [0.4, 0.5) is 0 Å². The third-order valence-corrected chi connectivity index (χ3v) is 4.90. The summed E-state index contributed by atoms with van der Waals surface area (Å²) in [5.74, 6) is 0.864. The van der Waals surface area contributed by atoms with Crippen molar-refractivity contribution >= 4 is 5.91 Å². The first-order valence-corrected chi connectivity index (χ1v) is 8.14. The number of ether oxygens (including phenoxy) is 1. The van der Waals surface area contributed by atoms with Crippen LogP contribution in [-0.2, 0) is 10.2 Å². The number of benzene rings is 1. The predicted octanol–water partition coefficient (Wildman–Crippen LogP) is 2.70. The molecular weight excluding hydrogens is 278 g/mol. The lowest BCUT2D eigenvalue weighted by Gasteiger charge is -2.30. The molecular formula is C18H27NO3. The number of carbonyl (C=O) groups excluding carboxylic acids is 1. The number of aryl methyl sites for hydroxylation is 1. The van der Waals surface area contributed by atoms with Gasteiger partial charge >= 0.3 is 0 Å². The molecule has 1 fully saturated rings. The summed E-state index contributed by atoms with van der Waals surface area (Å²) in [5.41, 5.74) is 1.61. The third kappa shape index (κ3) is 3.12. The maximum atomic E-state index is 12.9. The summed E-state index contributed by atoms with van der Waals surface area (Å²) in [6.45, 7) is 3.95. The van der Waals surface area contributed by atoms with Gasteiger partial charge in [-0.15, -0.1) is 0 Å². The van der Waals surface area contributed by atoms with Gasteiger partial charge in [0.05, 0.1) is 25.2 Å². The maximum Gasteiger partial charge on any atom is 0.230 e. The maximum absolute atomic E-state index is 12.9. The van der Waals surface area contributed by atoms with Crippen LogP contribution < -0.4 is 10.1 Å². The van der Waals surface area contributed by atoms with Crippen LogP contribution in [0.3, 0.4) is 0 Å². The molecule has 1 aliphatic rings. The van der Waals surface area contributed by atoms with E-state index in [1.165, 1.54) is 0 Å². The van der Waals surface area contributed by atoms with Gasteiger partial charge in [-0.2, -0.15) is 0 Å². The molecule has 1 atom stereocenters. The molecule has 0 heterocycles. The normalized spacial score (nSPS) is 18.0. The van der Waals surface area contributed by atoms with Crippen molar-refractivity contribution in [3.05, 3.63) is 29.3 Å². The van der Waals surface area contributed by atoms with Gasteiger partial charge in [-0.25, -0.2) is 0 Å². The van der Waals surface area contributed by atoms with Crippen molar-refractivity contribution in [2.75, 3.05) is 13.7 Å². The minimum atomic E-state index is -0.483. The molecule has 0 saturated heterocycles. The molecule has 122 valence electrons. The van der Waals surface area contributed by atoms with E-state index in [-0.39, 0.29) is 18.6 Å². The fraction of sp³-hybridized carbons (Fsp3) is 0.611. The molecule has 0 radical (unpaired) electrons. The van der Waals surface area contributed by atoms with Gasteiger partial charge < -0.3 is 15.2 Å². The topological polar surface area (TPSA) is 58.6 Å².